The molecule has 0 radical (unpaired) electrons. The SMILES string of the molecule is C[C@H]1CC[C@@H](C(=O)CCc2cc(-c3cnc(C(F)(F)F)nc3)ncn2)N1S(=O)(=O)c1ccc(F)cc1. The number of alkyl halides is 3. The van der Waals surface area contributed by atoms with Crippen molar-refractivity contribution in [2.45, 2.75) is 55.8 Å². The first-order valence-corrected chi connectivity index (χ1v) is 12.4. The van der Waals surface area contributed by atoms with E-state index in [1.54, 1.807) is 6.92 Å². The Morgan fingerprint density at radius 3 is 2.36 bits per heavy atom. The normalized spacial score (nSPS) is 18.9. The predicted molar refractivity (Wildman–Crippen MR) is 119 cm³/mol. The highest BCUT2D eigenvalue weighted by Gasteiger charge is 2.43. The Bertz CT molecular complexity index is 1350. The number of carbonyl (C=O) groups is 1. The summed E-state index contributed by atoms with van der Waals surface area (Å²) in [6.45, 7) is 1.72. The van der Waals surface area contributed by atoms with Crippen LogP contribution >= 0.6 is 0 Å². The van der Waals surface area contributed by atoms with Crippen LogP contribution in [-0.2, 0) is 27.4 Å². The van der Waals surface area contributed by atoms with E-state index < -0.39 is 39.9 Å². The van der Waals surface area contributed by atoms with Crippen LogP contribution < -0.4 is 0 Å². The van der Waals surface area contributed by atoms with Crippen molar-refractivity contribution in [2.24, 2.45) is 0 Å². The van der Waals surface area contributed by atoms with Gasteiger partial charge in [-0.05, 0) is 56.5 Å². The van der Waals surface area contributed by atoms with Crippen LogP contribution in [0.3, 0.4) is 0 Å². The lowest BCUT2D eigenvalue weighted by Gasteiger charge is -2.27. The Balaban J connectivity index is 1.47. The van der Waals surface area contributed by atoms with E-state index in [1.165, 1.54) is 28.8 Å². The van der Waals surface area contributed by atoms with Gasteiger partial charge in [0.05, 0.1) is 16.6 Å². The molecule has 2 aromatic heterocycles. The number of aryl methyl sites for hydroxylation is 1. The largest absolute Gasteiger partial charge is 0.451 e. The van der Waals surface area contributed by atoms with Crippen LogP contribution in [0.25, 0.3) is 11.3 Å². The summed E-state index contributed by atoms with van der Waals surface area (Å²) in [7, 11) is -4.01. The summed E-state index contributed by atoms with van der Waals surface area (Å²) < 4.78 is 78.9. The Morgan fingerprint density at radius 2 is 1.72 bits per heavy atom. The molecule has 0 unspecified atom stereocenters. The Hall–Kier alpha value is -3.32. The summed E-state index contributed by atoms with van der Waals surface area (Å²) in [4.78, 5) is 27.7. The fourth-order valence-electron chi connectivity index (χ4n) is 4.11. The van der Waals surface area contributed by atoms with Gasteiger partial charge in [0.15, 0.2) is 5.78 Å². The van der Waals surface area contributed by atoms with Gasteiger partial charge in [-0.1, -0.05) is 0 Å². The van der Waals surface area contributed by atoms with E-state index in [1.807, 2.05) is 0 Å². The lowest BCUT2D eigenvalue weighted by Crippen LogP contribution is -2.44. The highest BCUT2D eigenvalue weighted by Crippen LogP contribution is 2.32. The standard InChI is InChI=1S/C23H21F4N5O3S/c1-14-2-8-20(32(14)36(34,35)18-6-3-16(24)4-7-18)21(33)9-5-17-10-19(31-13-30-17)15-11-28-22(29-12-15)23(25,26)27/h3-4,6-7,10-14,20H,2,5,8-9H2,1H3/t14-,20-/m0/s1. The molecule has 3 heterocycles. The van der Waals surface area contributed by atoms with Crippen molar-refractivity contribution in [1.29, 1.82) is 0 Å². The molecule has 0 amide bonds. The third-order valence-electron chi connectivity index (χ3n) is 5.91. The molecule has 0 aliphatic carbocycles. The molecule has 2 atom stereocenters. The van der Waals surface area contributed by atoms with Crippen LogP contribution in [-0.4, -0.2) is 50.5 Å². The van der Waals surface area contributed by atoms with Gasteiger partial charge in [0.25, 0.3) is 0 Å². The molecule has 190 valence electrons. The number of hydrogen-bond donors (Lipinski definition) is 0. The van der Waals surface area contributed by atoms with E-state index in [2.05, 4.69) is 19.9 Å². The van der Waals surface area contributed by atoms with Gasteiger partial charge in [-0.3, -0.25) is 4.79 Å². The zero-order chi connectivity index (χ0) is 26.1. The van der Waals surface area contributed by atoms with E-state index in [0.29, 0.717) is 18.5 Å². The van der Waals surface area contributed by atoms with Gasteiger partial charge in [-0.25, -0.2) is 32.7 Å². The molecule has 8 nitrogen and oxygen atoms in total. The van der Waals surface area contributed by atoms with Gasteiger partial charge >= 0.3 is 6.18 Å². The molecule has 0 N–H and O–H groups in total. The molecule has 13 heteroatoms. The van der Waals surface area contributed by atoms with Crippen molar-refractivity contribution in [3.8, 4) is 11.3 Å². The highest BCUT2D eigenvalue weighted by atomic mass is 32.2. The minimum Gasteiger partial charge on any atom is -0.298 e. The van der Waals surface area contributed by atoms with Crippen LogP contribution in [0.1, 0.15) is 37.7 Å². The second kappa shape index (κ2) is 9.97. The van der Waals surface area contributed by atoms with Crippen LogP contribution in [0.5, 0.6) is 0 Å². The summed E-state index contributed by atoms with van der Waals surface area (Å²) in [5.41, 5.74) is 0.988. The lowest BCUT2D eigenvalue weighted by molar-refractivity contribution is -0.145. The summed E-state index contributed by atoms with van der Waals surface area (Å²) in [5.74, 6) is -2.12. The van der Waals surface area contributed by atoms with Crippen molar-refractivity contribution >= 4 is 15.8 Å². The summed E-state index contributed by atoms with van der Waals surface area (Å²) in [6, 6.07) is 4.70. The van der Waals surface area contributed by atoms with Crippen LogP contribution in [0.15, 0.2) is 53.9 Å². The maximum absolute atomic E-state index is 13.3. The number of sulfonamides is 1. The molecule has 1 aliphatic heterocycles. The zero-order valence-electron chi connectivity index (χ0n) is 19.0. The molecule has 4 rings (SSSR count). The summed E-state index contributed by atoms with van der Waals surface area (Å²) in [5, 5.41) is 0. The minimum atomic E-state index is -4.66. The molecule has 0 spiro atoms. The summed E-state index contributed by atoms with van der Waals surface area (Å²) in [6.07, 6.45) is -0.406. The number of carbonyl (C=O) groups excluding carboxylic acids is 1. The highest BCUT2D eigenvalue weighted by molar-refractivity contribution is 7.89. The topological polar surface area (TPSA) is 106 Å². The molecular formula is C23H21F4N5O3S. The number of hydrogen-bond acceptors (Lipinski definition) is 7. The smallest absolute Gasteiger partial charge is 0.298 e. The fraction of sp³-hybridized carbons (Fsp3) is 0.348. The molecule has 1 aromatic carbocycles. The Morgan fingerprint density at radius 1 is 1.06 bits per heavy atom. The monoisotopic (exact) mass is 523 g/mol. The van der Waals surface area contributed by atoms with Crippen molar-refractivity contribution in [2.75, 3.05) is 0 Å². The van der Waals surface area contributed by atoms with Gasteiger partial charge in [0, 0.05) is 36.1 Å². The van der Waals surface area contributed by atoms with E-state index >= 15 is 0 Å². The van der Waals surface area contributed by atoms with Gasteiger partial charge < -0.3 is 0 Å². The van der Waals surface area contributed by atoms with Gasteiger partial charge in [0.1, 0.15) is 12.1 Å². The predicted octanol–water partition coefficient (Wildman–Crippen LogP) is 3.84. The van der Waals surface area contributed by atoms with Gasteiger partial charge in [-0.15, -0.1) is 0 Å². The van der Waals surface area contributed by atoms with Gasteiger partial charge in [-0.2, -0.15) is 17.5 Å². The van der Waals surface area contributed by atoms with Crippen molar-refractivity contribution in [3.05, 3.63) is 66.4 Å². The molecule has 0 bridgehead atoms. The minimum absolute atomic E-state index is 0.00715. The molecule has 0 saturated carbocycles. The van der Waals surface area contributed by atoms with Crippen LogP contribution in [0.2, 0.25) is 0 Å². The third kappa shape index (κ3) is 5.41. The summed E-state index contributed by atoms with van der Waals surface area (Å²) >= 11 is 0. The van der Waals surface area contributed by atoms with Gasteiger partial charge in [0.2, 0.25) is 15.8 Å². The van der Waals surface area contributed by atoms with E-state index in [-0.39, 0.29) is 34.8 Å². The average molecular weight is 524 g/mol. The maximum Gasteiger partial charge on any atom is 0.451 e. The van der Waals surface area contributed by atoms with Crippen LogP contribution in [0.4, 0.5) is 17.6 Å². The number of rotatable bonds is 7. The zero-order valence-corrected chi connectivity index (χ0v) is 19.8. The second-order valence-electron chi connectivity index (χ2n) is 8.39. The molecule has 3 aromatic rings. The quantitative estimate of drug-likeness (QED) is 0.433. The maximum atomic E-state index is 13.3. The second-order valence-corrected chi connectivity index (χ2v) is 10.2. The van der Waals surface area contributed by atoms with E-state index in [9.17, 15) is 30.8 Å². The molecule has 1 fully saturated rings. The van der Waals surface area contributed by atoms with Crippen molar-refractivity contribution in [3.63, 3.8) is 0 Å². The number of Topliss-reactive ketones (excluding diaryl/α,β-unsaturated/α-hetero) is 1. The molecule has 1 aliphatic rings. The lowest BCUT2D eigenvalue weighted by atomic mass is 10.0. The first-order chi connectivity index (χ1) is 17.0. The van der Waals surface area contributed by atoms with Crippen molar-refractivity contribution < 1.29 is 30.8 Å². The molecule has 1 saturated heterocycles. The number of halogens is 4. The van der Waals surface area contributed by atoms with Crippen LogP contribution in [0, 0.1) is 5.82 Å². The molecule has 36 heavy (non-hydrogen) atoms. The molecular weight excluding hydrogens is 502 g/mol. The average Bonchev–Trinajstić information content (AvgIpc) is 3.25. The Labute approximate surface area is 204 Å². The Kier molecular flexibility index (Phi) is 7.14. The number of nitrogens with zero attached hydrogens (tertiary/aromatic N) is 5. The first kappa shape index (κ1) is 25.8. The number of aromatic nitrogens is 4. The third-order valence-corrected chi connectivity index (χ3v) is 7.95. The van der Waals surface area contributed by atoms with E-state index in [0.717, 1.165) is 24.5 Å². The number of benzene rings is 1. The van der Waals surface area contributed by atoms with E-state index in [4.69, 9.17) is 0 Å². The number of ketones is 1. The fourth-order valence-corrected chi connectivity index (χ4v) is 5.97. The van der Waals surface area contributed by atoms with Crippen molar-refractivity contribution in [1.82, 2.24) is 24.2 Å². The first-order valence-electron chi connectivity index (χ1n) is 11.0.